The van der Waals surface area contributed by atoms with E-state index in [0.717, 1.165) is 49.7 Å². The molecule has 0 saturated heterocycles. The van der Waals surface area contributed by atoms with E-state index >= 15 is 0 Å². The van der Waals surface area contributed by atoms with E-state index in [1.54, 1.807) is 9.80 Å². The Hall–Kier alpha value is -2.43. The molecule has 0 spiro atoms. The summed E-state index contributed by atoms with van der Waals surface area (Å²) in [6, 6.07) is 19.3. The molecule has 74 heavy (non-hydrogen) atoms. The molecule has 0 unspecified atom stereocenters. The van der Waals surface area contributed by atoms with Gasteiger partial charge in [0.25, 0.3) is 0 Å². The van der Waals surface area contributed by atoms with Crippen molar-refractivity contribution < 1.29 is 37.2 Å². The second kappa shape index (κ2) is 50.1. The number of phosphoric ester groups is 1. The lowest BCUT2D eigenvalue weighted by Gasteiger charge is -2.25. The minimum Gasteiger partial charge on any atom is -0.445 e. The monoisotopic (exact) mass is 1120 g/mol. The highest BCUT2D eigenvalue weighted by Gasteiger charge is 2.28. The van der Waals surface area contributed by atoms with Crippen molar-refractivity contribution in [2.75, 3.05) is 51.3 Å². The SMILES string of the molecule is CCCCCCCCCCCCCCCCCCCCN(CCOP(=O)(OCCBr)OCCN(CCCCCCCCCCCCCCCCCCCC)C(=O)OCc1ccccc1)C(=O)OCc1ccccc1. The first-order chi connectivity index (χ1) is 36.4. The van der Waals surface area contributed by atoms with Crippen LogP contribution in [0.15, 0.2) is 60.7 Å². The number of halogens is 1. The summed E-state index contributed by atoms with van der Waals surface area (Å²) >= 11 is 3.36. The van der Waals surface area contributed by atoms with Gasteiger partial charge in [0.15, 0.2) is 0 Å². The van der Waals surface area contributed by atoms with Crippen molar-refractivity contribution in [3.05, 3.63) is 71.8 Å². The molecule has 0 radical (unpaired) electrons. The summed E-state index contributed by atoms with van der Waals surface area (Å²) in [5, 5.41) is 0.429. The molecule has 2 amide bonds. The highest BCUT2D eigenvalue weighted by molar-refractivity contribution is 9.09. The van der Waals surface area contributed by atoms with Crippen LogP contribution in [0.2, 0.25) is 0 Å². The van der Waals surface area contributed by atoms with E-state index in [4.69, 9.17) is 23.0 Å². The summed E-state index contributed by atoms with van der Waals surface area (Å²) in [7, 11) is -4.06. The third-order valence-electron chi connectivity index (χ3n) is 14.0. The maximum Gasteiger partial charge on any atom is 0.474 e. The van der Waals surface area contributed by atoms with Crippen LogP contribution in [0.5, 0.6) is 0 Å². The zero-order chi connectivity index (χ0) is 53.1. The average molecular weight is 1120 g/mol. The van der Waals surface area contributed by atoms with Crippen LogP contribution in [-0.4, -0.2) is 73.3 Å². The molecule has 10 nitrogen and oxygen atoms in total. The van der Waals surface area contributed by atoms with Crippen molar-refractivity contribution >= 4 is 35.9 Å². The number of carbonyl (C=O) groups excluding carboxylic acids is 2. The number of alkyl halides is 1. The number of ether oxygens (including phenoxy) is 2. The van der Waals surface area contributed by atoms with Gasteiger partial charge in [-0.25, -0.2) is 14.2 Å². The van der Waals surface area contributed by atoms with Crippen molar-refractivity contribution in [2.45, 2.75) is 258 Å². The second-order valence-corrected chi connectivity index (χ2v) is 23.2. The summed E-state index contributed by atoms with van der Waals surface area (Å²) in [5.74, 6) is 0. The summed E-state index contributed by atoms with van der Waals surface area (Å²) in [5.41, 5.74) is 1.81. The van der Waals surface area contributed by atoms with Crippen LogP contribution < -0.4 is 0 Å². The molecular weight excluding hydrogens is 1010 g/mol. The molecule has 0 aliphatic rings. The second-order valence-electron chi connectivity index (χ2n) is 20.7. The first kappa shape index (κ1) is 67.7. The number of nitrogens with zero attached hydrogens (tertiary/aromatic N) is 2. The van der Waals surface area contributed by atoms with E-state index in [2.05, 4.69) is 29.8 Å². The molecule has 0 aromatic heterocycles. The molecule has 0 atom stereocenters. The highest BCUT2D eigenvalue weighted by atomic mass is 79.9. The van der Waals surface area contributed by atoms with Gasteiger partial charge < -0.3 is 19.3 Å². The van der Waals surface area contributed by atoms with Crippen LogP contribution >= 0.6 is 23.8 Å². The first-order valence-electron chi connectivity index (χ1n) is 30.4. The van der Waals surface area contributed by atoms with Crippen molar-refractivity contribution in [1.29, 1.82) is 0 Å². The predicted octanol–water partition coefficient (Wildman–Crippen LogP) is 19.9. The van der Waals surface area contributed by atoms with Gasteiger partial charge in [0.2, 0.25) is 0 Å². The predicted molar refractivity (Wildman–Crippen MR) is 313 cm³/mol. The largest absolute Gasteiger partial charge is 0.474 e. The Morgan fingerprint density at radius 3 is 0.905 bits per heavy atom. The van der Waals surface area contributed by atoms with E-state index in [1.165, 1.54) is 193 Å². The Bertz CT molecular complexity index is 1480. The van der Waals surface area contributed by atoms with Gasteiger partial charge in [-0.1, -0.05) is 309 Å². The number of carbonyl (C=O) groups is 2. The zero-order valence-electron chi connectivity index (χ0n) is 47.3. The molecule has 0 N–H and O–H groups in total. The number of amides is 2. The van der Waals surface area contributed by atoms with Crippen LogP contribution in [0.1, 0.15) is 256 Å². The molecule has 0 aliphatic carbocycles. The Morgan fingerprint density at radius 2 is 0.635 bits per heavy atom. The van der Waals surface area contributed by atoms with Gasteiger partial charge in [-0.05, 0) is 24.0 Å². The number of hydrogen-bond acceptors (Lipinski definition) is 8. The molecule has 2 rings (SSSR count). The normalized spacial score (nSPS) is 11.6. The fraction of sp³-hybridized carbons (Fsp3) is 0.774. The summed E-state index contributed by atoms with van der Waals surface area (Å²) in [6.45, 7) is 6.18. The Balaban J connectivity index is 1.79. The highest BCUT2D eigenvalue weighted by Crippen LogP contribution is 2.49. The number of phosphoric acid groups is 1. The van der Waals surface area contributed by atoms with Gasteiger partial charge in [0.1, 0.15) is 13.2 Å². The molecule has 0 bridgehead atoms. The van der Waals surface area contributed by atoms with Crippen LogP contribution in [-0.2, 0) is 40.8 Å². The molecular formula is C62H108BrN2O8P. The van der Waals surface area contributed by atoms with Crippen LogP contribution in [0.25, 0.3) is 0 Å². The lowest BCUT2D eigenvalue weighted by atomic mass is 10.0. The molecule has 12 heteroatoms. The maximum atomic E-state index is 14.0. The van der Waals surface area contributed by atoms with Crippen molar-refractivity contribution in [2.24, 2.45) is 0 Å². The quantitative estimate of drug-likeness (QED) is 0.0367. The number of unbranched alkanes of at least 4 members (excludes halogenated alkanes) is 34. The van der Waals surface area contributed by atoms with Crippen molar-refractivity contribution in [3.8, 4) is 0 Å². The molecule has 0 fully saturated rings. The minimum atomic E-state index is -4.06. The zero-order valence-corrected chi connectivity index (χ0v) is 49.8. The van der Waals surface area contributed by atoms with Crippen LogP contribution in [0, 0.1) is 0 Å². The summed E-state index contributed by atoms with van der Waals surface area (Å²) in [6.07, 6.45) is 45.7. The number of hydrogen-bond donors (Lipinski definition) is 0. The third kappa shape index (κ3) is 39.9. The van der Waals surface area contributed by atoms with Crippen molar-refractivity contribution in [3.63, 3.8) is 0 Å². The Morgan fingerprint density at radius 1 is 0.378 bits per heavy atom. The Kier molecular flexibility index (Phi) is 45.8. The van der Waals surface area contributed by atoms with Crippen LogP contribution in [0.4, 0.5) is 9.59 Å². The van der Waals surface area contributed by atoms with Gasteiger partial charge in [0, 0.05) is 31.5 Å². The Labute approximate surface area is 462 Å². The lowest BCUT2D eigenvalue weighted by Crippen LogP contribution is -2.36. The van der Waals surface area contributed by atoms with Gasteiger partial charge >= 0.3 is 20.0 Å². The molecule has 0 saturated carbocycles. The lowest BCUT2D eigenvalue weighted by molar-refractivity contribution is 0.0693. The molecule has 0 aliphatic heterocycles. The van der Waals surface area contributed by atoms with E-state index < -0.39 is 20.0 Å². The smallest absolute Gasteiger partial charge is 0.445 e. The third-order valence-corrected chi connectivity index (χ3v) is 15.9. The molecule has 0 heterocycles. The summed E-state index contributed by atoms with van der Waals surface area (Å²) in [4.78, 5) is 30.1. The fourth-order valence-corrected chi connectivity index (χ4v) is 11.0. The van der Waals surface area contributed by atoms with Gasteiger partial charge in [-0.15, -0.1) is 0 Å². The van der Waals surface area contributed by atoms with E-state index in [1.807, 2.05) is 60.7 Å². The van der Waals surface area contributed by atoms with Gasteiger partial charge in [0.05, 0.1) is 19.8 Å². The van der Waals surface area contributed by atoms with Crippen LogP contribution in [0.3, 0.4) is 0 Å². The standard InChI is InChI=1S/C62H108BrN2O8P/c1-3-5-7-9-11-13-15-17-19-21-23-25-27-29-31-33-35-43-50-64(61(66)69-57-59-45-39-37-40-46-59)52-55-72-74(68,71-54-49-63)73-56-53-65(62(67)70-58-60-47-41-38-42-48-60)51-44-36-34-32-30-28-26-24-22-20-18-16-14-12-10-8-6-4-2/h37-42,45-48H,3-36,43-44,49-58H2,1-2H3. The summed E-state index contributed by atoms with van der Waals surface area (Å²) < 4.78 is 42.9. The molecule has 2 aromatic rings. The topological polar surface area (TPSA) is 104 Å². The van der Waals surface area contributed by atoms with E-state index in [-0.39, 0.29) is 46.1 Å². The number of benzene rings is 2. The molecule has 2 aromatic carbocycles. The minimum absolute atomic E-state index is 0.0683. The fourth-order valence-electron chi connectivity index (χ4n) is 9.40. The van der Waals surface area contributed by atoms with Gasteiger partial charge in [-0.2, -0.15) is 0 Å². The van der Waals surface area contributed by atoms with E-state index in [0.29, 0.717) is 18.4 Å². The molecule has 426 valence electrons. The van der Waals surface area contributed by atoms with Crippen molar-refractivity contribution in [1.82, 2.24) is 9.80 Å². The van der Waals surface area contributed by atoms with Gasteiger partial charge in [-0.3, -0.25) is 13.6 Å². The first-order valence-corrected chi connectivity index (χ1v) is 33.0. The average Bonchev–Trinajstić information content (AvgIpc) is 3.42. The van der Waals surface area contributed by atoms with E-state index in [9.17, 15) is 14.2 Å². The number of rotatable bonds is 53. The maximum absolute atomic E-state index is 14.0.